The summed E-state index contributed by atoms with van der Waals surface area (Å²) in [5.74, 6) is -0.0548. The number of amides is 1. The van der Waals surface area contributed by atoms with E-state index in [4.69, 9.17) is 5.26 Å². The van der Waals surface area contributed by atoms with E-state index in [0.717, 1.165) is 37.1 Å². The second kappa shape index (κ2) is 6.35. The third kappa shape index (κ3) is 3.12. The van der Waals surface area contributed by atoms with Crippen molar-refractivity contribution < 1.29 is 4.79 Å². The van der Waals surface area contributed by atoms with Gasteiger partial charge in [0.1, 0.15) is 0 Å². The lowest BCUT2D eigenvalue weighted by Gasteiger charge is -2.21. The minimum absolute atomic E-state index is 0.0548. The minimum atomic E-state index is -0.0601. The highest BCUT2D eigenvalue weighted by Gasteiger charge is 2.18. The summed E-state index contributed by atoms with van der Waals surface area (Å²) in [6.07, 6.45) is 2.02. The van der Waals surface area contributed by atoms with Crippen LogP contribution in [-0.4, -0.2) is 18.5 Å². The third-order valence-corrected chi connectivity index (χ3v) is 3.55. The molecule has 1 heterocycles. The molecule has 0 fully saturated rings. The number of fused-ring (bicyclic) bond motifs is 1. The average Bonchev–Trinajstić information content (AvgIpc) is 2.46. The summed E-state index contributed by atoms with van der Waals surface area (Å²) in [5.41, 5.74) is 3.10. The van der Waals surface area contributed by atoms with Gasteiger partial charge >= 0.3 is 0 Å². The van der Waals surface area contributed by atoms with Crippen LogP contribution in [0.25, 0.3) is 0 Å². The zero-order valence-electron chi connectivity index (χ0n) is 11.2. The van der Waals surface area contributed by atoms with Gasteiger partial charge in [0, 0.05) is 18.2 Å². The number of nitrogens with one attached hydrogen (secondary N) is 2. The van der Waals surface area contributed by atoms with E-state index in [0.29, 0.717) is 6.42 Å². The van der Waals surface area contributed by atoms with Crippen molar-refractivity contribution in [1.82, 2.24) is 10.6 Å². The summed E-state index contributed by atoms with van der Waals surface area (Å²) in [4.78, 5) is 12.3. The number of benzene rings is 1. The number of rotatable bonds is 4. The molecule has 2 N–H and O–H groups in total. The molecule has 0 saturated carbocycles. The number of carbonyl (C=O) groups excluding carboxylic acids is 1. The molecule has 1 aliphatic rings. The molecule has 0 bridgehead atoms. The van der Waals surface area contributed by atoms with Crippen LogP contribution in [0.3, 0.4) is 0 Å². The predicted molar refractivity (Wildman–Crippen MR) is 73.6 cm³/mol. The molecule has 2 rings (SSSR count). The summed E-state index contributed by atoms with van der Waals surface area (Å²) >= 11 is 0. The normalized spacial score (nSPS) is 15.2. The van der Waals surface area contributed by atoms with E-state index in [2.05, 4.69) is 22.8 Å². The van der Waals surface area contributed by atoms with Crippen LogP contribution in [0, 0.1) is 11.3 Å². The molecule has 0 spiro atoms. The second-order valence-corrected chi connectivity index (χ2v) is 4.81. The highest BCUT2D eigenvalue weighted by Crippen LogP contribution is 2.19. The molecule has 100 valence electrons. The Hall–Kier alpha value is -1.86. The maximum atomic E-state index is 12.3. The van der Waals surface area contributed by atoms with E-state index in [9.17, 15) is 4.79 Å². The van der Waals surface area contributed by atoms with Gasteiger partial charge in [-0.3, -0.25) is 4.79 Å². The van der Waals surface area contributed by atoms with Crippen LogP contribution in [0.4, 0.5) is 0 Å². The van der Waals surface area contributed by atoms with Crippen LogP contribution in [0.5, 0.6) is 0 Å². The number of hydrogen-bond donors (Lipinski definition) is 2. The van der Waals surface area contributed by atoms with Crippen molar-refractivity contribution in [3.63, 3.8) is 0 Å². The molecule has 1 amide bonds. The van der Waals surface area contributed by atoms with E-state index < -0.39 is 0 Å². The molecule has 0 aliphatic carbocycles. The molecule has 19 heavy (non-hydrogen) atoms. The first-order valence-corrected chi connectivity index (χ1v) is 6.75. The van der Waals surface area contributed by atoms with Gasteiger partial charge in [0.2, 0.25) is 0 Å². The highest BCUT2D eigenvalue weighted by atomic mass is 16.1. The summed E-state index contributed by atoms with van der Waals surface area (Å²) in [7, 11) is 0. The summed E-state index contributed by atoms with van der Waals surface area (Å²) < 4.78 is 0. The molecule has 4 nitrogen and oxygen atoms in total. The zero-order valence-corrected chi connectivity index (χ0v) is 11.2. The van der Waals surface area contributed by atoms with Crippen molar-refractivity contribution in [1.29, 1.82) is 5.26 Å². The van der Waals surface area contributed by atoms with Gasteiger partial charge in [-0.2, -0.15) is 5.26 Å². The summed E-state index contributed by atoms with van der Waals surface area (Å²) in [6, 6.07) is 7.91. The Labute approximate surface area is 113 Å². The molecule has 4 heteroatoms. The van der Waals surface area contributed by atoms with Crippen LogP contribution >= 0.6 is 0 Å². The number of carbonyl (C=O) groups is 1. The Morgan fingerprint density at radius 1 is 1.58 bits per heavy atom. The van der Waals surface area contributed by atoms with Crippen molar-refractivity contribution in [2.45, 2.75) is 38.8 Å². The smallest absolute Gasteiger partial charge is 0.251 e. The lowest BCUT2D eigenvalue weighted by atomic mass is 9.95. The Morgan fingerprint density at radius 3 is 3.16 bits per heavy atom. The van der Waals surface area contributed by atoms with Crippen molar-refractivity contribution in [3.05, 3.63) is 34.9 Å². The number of nitriles is 1. The van der Waals surface area contributed by atoms with Crippen molar-refractivity contribution in [3.8, 4) is 6.07 Å². The molecule has 0 radical (unpaired) electrons. The largest absolute Gasteiger partial charge is 0.348 e. The average molecular weight is 257 g/mol. The maximum absolute atomic E-state index is 12.3. The van der Waals surface area contributed by atoms with Crippen LogP contribution < -0.4 is 10.6 Å². The van der Waals surface area contributed by atoms with Crippen LogP contribution in [-0.2, 0) is 13.0 Å². The molecular formula is C15H19N3O. The molecular weight excluding hydrogens is 238 g/mol. The van der Waals surface area contributed by atoms with Crippen molar-refractivity contribution >= 4 is 5.91 Å². The fourth-order valence-electron chi connectivity index (χ4n) is 2.42. The second-order valence-electron chi connectivity index (χ2n) is 4.81. The lowest BCUT2D eigenvalue weighted by Crippen LogP contribution is -2.35. The number of nitrogens with zero attached hydrogens (tertiary/aromatic N) is 1. The van der Waals surface area contributed by atoms with Gasteiger partial charge in [0.05, 0.1) is 12.5 Å². The molecule has 1 atom stereocenters. The fraction of sp³-hybridized carbons (Fsp3) is 0.467. The van der Waals surface area contributed by atoms with Crippen LogP contribution in [0.2, 0.25) is 0 Å². The van der Waals surface area contributed by atoms with Crippen LogP contribution in [0.1, 0.15) is 41.3 Å². The topological polar surface area (TPSA) is 64.9 Å². The van der Waals surface area contributed by atoms with Gasteiger partial charge in [-0.05, 0) is 36.6 Å². The quantitative estimate of drug-likeness (QED) is 0.863. The van der Waals surface area contributed by atoms with Gasteiger partial charge in [0.15, 0.2) is 0 Å². The molecule has 1 aromatic rings. The summed E-state index contributed by atoms with van der Waals surface area (Å²) in [5, 5.41) is 15.0. The first-order valence-electron chi connectivity index (χ1n) is 6.75. The monoisotopic (exact) mass is 257 g/mol. The zero-order chi connectivity index (χ0) is 13.7. The number of hydrogen-bond acceptors (Lipinski definition) is 3. The Kier molecular flexibility index (Phi) is 4.53. The fourth-order valence-corrected chi connectivity index (χ4v) is 2.42. The maximum Gasteiger partial charge on any atom is 0.251 e. The SMILES string of the molecule is CCC(CC#N)NC(=O)c1cccc2c1CCNC2. The molecule has 1 aliphatic heterocycles. The van der Waals surface area contributed by atoms with E-state index in [1.165, 1.54) is 5.56 Å². The van der Waals surface area contributed by atoms with E-state index >= 15 is 0 Å². The standard InChI is InChI=1S/C15H19N3O/c1-2-12(6-8-16)18-15(19)14-5-3-4-11-10-17-9-7-13(11)14/h3-5,12,17H,2,6-7,9-10H2,1H3,(H,18,19). The van der Waals surface area contributed by atoms with Crippen molar-refractivity contribution in [2.24, 2.45) is 0 Å². The van der Waals surface area contributed by atoms with Gasteiger partial charge < -0.3 is 10.6 Å². The molecule has 0 saturated heterocycles. The van der Waals surface area contributed by atoms with Gasteiger partial charge in [-0.15, -0.1) is 0 Å². The van der Waals surface area contributed by atoms with Crippen molar-refractivity contribution in [2.75, 3.05) is 6.54 Å². The predicted octanol–water partition coefficient (Wildman–Crippen LogP) is 1.75. The Balaban J connectivity index is 2.17. The summed E-state index contributed by atoms with van der Waals surface area (Å²) in [6.45, 7) is 3.71. The van der Waals surface area contributed by atoms with Gasteiger partial charge in [0.25, 0.3) is 5.91 Å². The highest BCUT2D eigenvalue weighted by molar-refractivity contribution is 5.96. The van der Waals surface area contributed by atoms with Gasteiger partial charge in [-0.25, -0.2) is 0 Å². The molecule has 1 aromatic carbocycles. The van der Waals surface area contributed by atoms with E-state index in [1.807, 2.05) is 19.1 Å². The molecule has 0 aromatic heterocycles. The molecule has 1 unspecified atom stereocenters. The van der Waals surface area contributed by atoms with Gasteiger partial charge in [-0.1, -0.05) is 19.1 Å². The van der Waals surface area contributed by atoms with E-state index in [-0.39, 0.29) is 11.9 Å². The first-order chi connectivity index (χ1) is 9.26. The first kappa shape index (κ1) is 13.6. The van der Waals surface area contributed by atoms with E-state index in [1.54, 1.807) is 0 Å². The lowest BCUT2D eigenvalue weighted by molar-refractivity contribution is 0.0935. The van der Waals surface area contributed by atoms with Crippen LogP contribution in [0.15, 0.2) is 18.2 Å². The minimum Gasteiger partial charge on any atom is -0.348 e. The Morgan fingerprint density at radius 2 is 2.42 bits per heavy atom. The Bertz CT molecular complexity index is 505. The third-order valence-electron chi connectivity index (χ3n) is 3.55.